The highest BCUT2D eigenvalue weighted by atomic mass is 16.5. The zero-order valence-electron chi connectivity index (χ0n) is 15.5. The average molecular weight is 345 g/mol. The lowest BCUT2D eigenvalue weighted by molar-refractivity contribution is -0.126. The van der Waals surface area contributed by atoms with E-state index >= 15 is 0 Å². The third kappa shape index (κ3) is 4.60. The largest absolute Gasteiger partial charge is 0.373 e. The summed E-state index contributed by atoms with van der Waals surface area (Å²) in [5, 5.41) is 3.07. The summed E-state index contributed by atoms with van der Waals surface area (Å²) in [4.78, 5) is 14.9. The van der Waals surface area contributed by atoms with Gasteiger partial charge >= 0.3 is 0 Å². The second kappa shape index (κ2) is 7.85. The molecule has 3 N–H and O–H groups in total. The molecule has 2 aliphatic rings. The zero-order valence-corrected chi connectivity index (χ0v) is 15.5. The maximum Gasteiger partial charge on any atom is 0.240 e. The van der Waals surface area contributed by atoms with E-state index < -0.39 is 5.54 Å². The summed E-state index contributed by atoms with van der Waals surface area (Å²) in [6.07, 6.45) is 4.21. The van der Waals surface area contributed by atoms with Gasteiger partial charge in [0.05, 0.1) is 17.7 Å². The Morgan fingerprint density at radius 1 is 1.20 bits per heavy atom. The van der Waals surface area contributed by atoms with Crippen LogP contribution in [0.2, 0.25) is 0 Å². The predicted molar refractivity (Wildman–Crippen MR) is 99.0 cm³/mol. The molecule has 138 valence electrons. The third-order valence-corrected chi connectivity index (χ3v) is 5.39. The Morgan fingerprint density at radius 2 is 1.80 bits per heavy atom. The number of hydrogen-bond donors (Lipinski definition) is 2. The number of ether oxygens (including phenoxy) is 1. The van der Waals surface area contributed by atoms with E-state index in [-0.39, 0.29) is 18.1 Å². The first kappa shape index (κ1) is 18.4. The predicted octanol–water partition coefficient (Wildman–Crippen LogP) is 2.18. The smallest absolute Gasteiger partial charge is 0.240 e. The van der Waals surface area contributed by atoms with Crippen molar-refractivity contribution < 1.29 is 9.53 Å². The molecule has 0 spiro atoms. The number of nitrogens with one attached hydrogen (secondary N) is 1. The van der Waals surface area contributed by atoms with Crippen LogP contribution in [0.4, 0.5) is 0 Å². The van der Waals surface area contributed by atoms with E-state index in [0.717, 1.165) is 45.3 Å². The van der Waals surface area contributed by atoms with Crippen LogP contribution in [0.5, 0.6) is 0 Å². The second-order valence-electron chi connectivity index (χ2n) is 7.77. The van der Waals surface area contributed by atoms with Gasteiger partial charge in [-0.1, -0.05) is 37.1 Å². The van der Waals surface area contributed by atoms with Crippen LogP contribution in [0.1, 0.15) is 50.7 Å². The molecule has 0 aromatic heterocycles. The van der Waals surface area contributed by atoms with Crippen LogP contribution in [-0.2, 0) is 22.6 Å². The van der Waals surface area contributed by atoms with Crippen LogP contribution in [0, 0.1) is 0 Å². The maximum atomic E-state index is 12.5. The molecule has 2 atom stereocenters. The first-order chi connectivity index (χ1) is 12.0. The number of benzene rings is 1. The van der Waals surface area contributed by atoms with Crippen LogP contribution >= 0.6 is 0 Å². The highest BCUT2D eigenvalue weighted by molar-refractivity contribution is 5.86. The molecule has 1 aliphatic carbocycles. The molecule has 0 bridgehead atoms. The van der Waals surface area contributed by atoms with E-state index in [1.807, 2.05) is 6.07 Å². The highest BCUT2D eigenvalue weighted by Gasteiger charge is 2.36. The van der Waals surface area contributed by atoms with Gasteiger partial charge in [-0.3, -0.25) is 9.69 Å². The summed E-state index contributed by atoms with van der Waals surface area (Å²) >= 11 is 0. The van der Waals surface area contributed by atoms with Crippen LogP contribution in [0.25, 0.3) is 0 Å². The number of amides is 1. The molecule has 1 aromatic carbocycles. The normalized spacial score (nSPS) is 26.5. The lowest BCUT2D eigenvalue weighted by Crippen LogP contribution is -2.51. The molecule has 1 saturated heterocycles. The van der Waals surface area contributed by atoms with Crippen molar-refractivity contribution in [1.29, 1.82) is 0 Å². The quantitative estimate of drug-likeness (QED) is 0.858. The molecule has 1 amide bonds. The van der Waals surface area contributed by atoms with Gasteiger partial charge < -0.3 is 15.8 Å². The Hall–Kier alpha value is -1.43. The Bertz CT molecular complexity index is 588. The van der Waals surface area contributed by atoms with E-state index in [1.165, 1.54) is 11.1 Å². The van der Waals surface area contributed by atoms with Gasteiger partial charge in [-0.15, -0.1) is 0 Å². The lowest BCUT2D eigenvalue weighted by atomic mass is 9.97. The SMILES string of the molecule is C[C@@H]1CN(Cc2ccccc2CNC(=O)C2(N)CCCC2)C[C@H](C)O1. The van der Waals surface area contributed by atoms with E-state index in [1.54, 1.807) is 0 Å². The monoisotopic (exact) mass is 345 g/mol. The van der Waals surface area contributed by atoms with Crippen molar-refractivity contribution in [2.75, 3.05) is 13.1 Å². The van der Waals surface area contributed by atoms with Gasteiger partial charge in [0.2, 0.25) is 5.91 Å². The topological polar surface area (TPSA) is 67.6 Å². The van der Waals surface area contributed by atoms with Gasteiger partial charge in [0.15, 0.2) is 0 Å². The molecular weight excluding hydrogens is 314 g/mol. The van der Waals surface area contributed by atoms with E-state index in [4.69, 9.17) is 10.5 Å². The fourth-order valence-electron chi connectivity index (χ4n) is 4.12. The molecule has 1 aromatic rings. The third-order valence-electron chi connectivity index (χ3n) is 5.39. The fourth-order valence-corrected chi connectivity index (χ4v) is 4.12. The molecule has 1 heterocycles. The van der Waals surface area contributed by atoms with Gasteiger partial charge in [0.25, 0.3) is 0 Å². The second-order valence-corrected chi connectivity index (χ2v) is 7.77. The Morgan fingerprint density at radius 3 is 2.44 bits per heavy atom. The van der Waals surface area contributed by atoms with E-state index in [9.17, 15) is 4.79 Å². The standard InChI is InChI=1S/C20H31N3O2/c1-15-12-23(13-16(2)25-15)14-18-8-4-3-7-17(18)11-22-19(24)20(21)9-5-6-10-20/h3-4,7-8,15-16H,5-6,9-14,21H2,1-2H3,(H,22,24)/t15-,16+. The van der Waals surface area contributed by atoms with Gasteiger partial charge in [0.1, 0.15) is 0 Å². The van der Waals surface area contributed by atoms with Gasteiger partial charge in [-0.25, -0.2) is 0 Å². The van der Waals surface area contributed by atoms with Gasteiger partial charge in [0, 0.05) is 26.2 Å². The van der Waals surface area contributed by atoms with Crippen molar-refractivity contribution in [3.8, 4) is 0 Å². The van der Waals surface area contributed by atoms with Crippen molar-refractivity contribution in [2.24, 2.45) is 5.73 Å². The number of hydrogen-bond acceptors (Lipinski definition) is 4. The number of nitrogens with zero attached hydrogens (tertiary/aromatic N) is 1. The average Bonchev–Trinajstić information content (AvgIpc) is 3.01. The minimum Gasteiger partial charge on any atom is -0.373 e. The van der Waals surface area contributed by atoms with Gasteiger partial charge in [-0.2, -0.15) is 0 Å². The van der Waals surface area contributed by atoms with Crippen LogP contribution in [0.3, 0.4) is 0 Å². The number of nitrogens with two attached hydrogens (primary N) is 1. The summed E-state index contributed by atoms with van der Waals surface area (Å²) < 4.78 is 5.82. The molecule has 1 saturated carbocycles. The minimum absolute atomic E-state index is 0.00609. The molecule has 3 rings (SSSR count). The maximum absolute atomic E-state index is 12.5. The van der Waals surface area contributed by atoms with Crippen molar-refractivity contribution in [3.63, 3.8) is 0 Å². The molecule has 25 heavy (non-hydrogen) atoms. The molecule has 5 nitrogen and oxygen atoms in total. The van der Waals surface area contributed by atoms with Crippen molar-refractivity contribution in [2.45, 2.75) is 70.4 Å². The summed E-state index contributed by atoms with van der Waals surface area (Å²) in [6, 6.07) is 8.35. The number of carbonyl (C=O) groups is 1. The molecule has 0 radical (unpaired) electrons. The first-order valence-corrected chi connectivity index (χ1v) is 9.48. The zero-order chi connectivity index (χ0) is 17.9. The summed E-state index contributed by atoms with van der Waals surface area (Å²) in [6.45, 7) is 7.56. The molecule has 5 heteroatoms. The summed E-state index contributed by atoms with van der Waals surface area (Å²) in [5.74, 6) is -0.00609. The van der Waals surface area contributed by atoms with Crippen molar-refractivity contribution in [1.82, 2.24) is 10.2 Å². The molecule has 2 fully saturated rings. The van der Waals surface area contributed by atoms with Crippen LogP contribution < -0.4 is 11.1 Å². The molecular formula is C20H31N3O2. The Labute approximate surface area is 150 Å². The number of carbonyl (C=O) groups excluding carboxylic acids is 1. The molecule has 1 aliphatic heterocycles. The number of morpholine rings is 1. The van der Waals surface area contributed by atoms with Gasteiger partial charge in [-0.05, 0) is 37.8 Å². The first-order valence-electron chi connectivity index (χ1n) is 9.48. The molecule has 0 unspecified atom stereocenters. The van der Waals surface area contributed by atoms with Crippen molar-refractivity contribution >= 4 is 5.91 Å². The summed E-state index contributed by atoms with van der Waals surface area (Å²) in [7, 11) is 0. The van der Waals surface area contributed by atoms with Crippen molar-refractivity contribution in [3.05, 3.63) is 35.4 Å². The summed E-state index contributed by atoms with van der Waals surface area (Å²) in [5.41, 5.74) is 8.02. The number of rotatable bonds is 5. The van der Waals surface area contributed by atoms with Crippen LogP contribution in [-0.4, -0.2) is 41.6 Å². The van der Waals surface area contributed by atoms with E-state index in [0.29, 0.717) is 6.54 Å². The minimum atomic E-state index is -0.663. The Kier molecular flexibility index (Phi) is 5.77. The Balaban J connectivity index is 1.62. The van der Waals surface area contributed by atoms with Crippen LogP contribution in [0.15, 0.2) is 24.3 Å². The van der Waals surface area contributed by atoms with E-state index in [2.05, 4.69) is 42.3 Å². The highest BCUT2D eigenvalue weighted by Crippen LogP contribution is 2.27. The fraction of sp³-hybridized carbons (Fsp3) is 0.650. The lowest BCUT2D eigenvalue weighted by Gasteiger charge is -2.35.